The molecule has 1 aliphatic rings. The summed E-state index contributed by atoms with van der Waals surface area (Å²) in [7, 11) is 2.16. The second-order valence-electron chi connectivity index (χ2n) is 6.17. The van der Waals surface area contributed by atoms with Gasteiger partial charge in [0.2, 0.25) is 0 Å². The molecule has 0 aliphatic carbocycles. The van der Waals surface area contributed by atoms with E-state index in [4.69, 9.17) is 11.6 Å². The van der Waals surface area contributed by atoms with Crippen molar-refractivity contribution in [3.05, 3.63) is 35.0 Å². The highest BCUT2D eigenvalue weighted by Crippen LogP contribution is 2.19. The Hall–Kier alpha value is -1.56. The first-order valence-corrected chi connectivity index (χ1v) is 8.47. The van der Waals surface area contributed by atoms with Crippen molar-refractivity contribution >= 4 is 28.4 Å². The summed E-state index contributed by atoms with van der Waals surface area (Å²) in [5.41, 5.74) is 1.51. The maximum absolute atomic E-state index is 12.2. The maximum atomic E-state index is 12.2. The van der Waals surface area contributed by atoms with Crippen LogP contribution in [0.15, 0.2) is 24.3 Å². The average Bonchev–Trinajstić information content (AvgIpc) is 2.96. The molecule has 0 spiro atoms. The van der Waals surface area contributed by atoms with Gasteiger partial charge in [-0.15, -0.1) is 0 Å². The summed E-state index contributed by atoms with van der Waals surface area (Å²) in [5.74, 6) is -0.0595. The third-order valence-electron chi connectivity index (χ3n) is 4.36. The molecule has 1 amide bonds. The number of H-pyrrole nitrogens is 1. The van der Waals surface area contributed by atoms with Crippen LogP contribution in [0.4, 0.5) is 0 Å². The lowest BCUT2D eigenvalue weighted by Gasteiger charge is -2.32. The molecule has 1 aliphatic heterocycles. The molecular formula is C17H23ClN4O. The Morgan fingerprint density at radius 2 is 2.04 bits per heavy atom. The summed E-state index contributed by atoms with van der Waals surface area (Å²) in [4.78, 5) is 20.1. The first kappa shape index (κ1) is 16.3. The minimum Gasteiger partial charge on any atom is -0.351 e. The fourth-order valence-electron chi connectivity index (χ4n) is 2.90. The fraction of sp³-hybridized carbons (Fsp3) is 0.471. The number of likely N-dealkylation sites (N-methyl/N-ethyl adjacent to an activating group) is 1. The zero-order chi connectivity index (χ0) is 16.2. The largest absolute Gasteiger partial charge is 0.351 e. The van der Waals surface area contributed by atoms with Crippen LogP contribution in [0.1, 0.15) is 16.9 Å². The summed E-state index contributed by atoms with van der Waals surface area (Å²) < 4.78 is 0. The van der Waals surface area contributed by atoms with E-state index in [1.54, 1.807) is 0 Å². The predicted molar refractivity (Wildman–Crippen MR) is 94.2 cm³/mol. The average molecular weight is 335 g/mol. The Balaban J connectivity index is 1.45. The third-order valence-corrected chi connectivity index (χ3v) is 4.60. The van der Waals surface area contributed by atoms with Crippen molar-refractivity contribution in [1.29, 1.82) is 0 Å². The third kappa shape index (κ3) is 4.25. The first-order valence-electron chi connectivity index (χ1n) is 8.09. The highest BCUT2D eigenvalue weighted by molar-refractivity contribution is 6.31. The van der Waals surface area contributed by atoms with E-state index in [2.05, 4.69) is 27.1 Å². The van der Waals surface area contributed by atoms with Gasteiger partial charge in [-0.3, -0.25) is 4.79 Å². The molecule has 0 saturated carbocycles. The number of nitrogens with one attached hydrogen (secondary N) is 2. The SMILES string of the molecule is CN1CCN(CCCNC(=O)c2cc3cc(Cl)ccc3[nH]2)CC1. The van der Waals surface area contributed by atoms with E-state index in [0.717, 1.165) is 50.0 Å². The van der Waals surface area contributed by atoms with E-state index >= 15 is 0 Å². The van der Waals surface area contributed by atoms with E-state index in [1.165, 1.54) is 0 Å². The molecular weight excluding hydrogens is 312 g/mol. The molecule has 124 valence electrons. The Morgan fingerprint density at radius 1 is 1.26 bits per heavy atom. The highest BCUT2D eigenvalue weighted by Gasteiger charge is 2.13. The fourth-order valence-corrected chi connectivity index (χ4v) is 3.08. The molecule has 2 heterocycles. The quantitative estimate of drug-likeness (QED) is 0.824. The number of rotatable bonds is 5. The van der Waals surface area contributed by atoms with Crippen LogP contribution in [0.2, 0.25) is 5.02 Å². The van der Waals surface area contributed by atoms with Gasteiger partial charge in [0.25, 0.3) is 5.91 Å². The molecule has 1 fully saturated rings. The zero-order valence-electron chi connectivity index (χ0n) is 13.4. The van der Waals surface area contributed by atoms with Gasteiger partial charge in [-0.1, -0.05) is 11.6 Å². The molecule has 0 bridgehead atoms. The van der Waals surface area contributed by atoms with E-state index in [9.17, 15) is 4.79 Å². The summed E-state index contributed by atoms with van der Waals surface area (Å²) in [6, 6.07) is 7.41. The van der Waals surface area contributed by atoms with Crippen LogP contribution >= 0.6 is 11.6 Å². The van der Waals surface area contributed by atoms with Crippen LogP contribution in [-0.4, -0.2) is 67.0 Å². The minimum atomic E-state index is -0.0595. The van der Waals surface area contributed by atoms with E-state index in [-0.39, 0.29) is 5.91 Å². The lowest BCUT2D eigenvalue weighted by atomic mass is 10.2. The second-order valence-corrected chi connectivity index (χ2v) is 6.61. The van der Waals surface area contributed by atoms with E-state index in [1.807, 2.05) is 24.3 Å². The van der Waals surface area contributed by atoms with Crippen molar-refractivity contribution in [2.24, 2.45) is 0 Å². The van der Waals surface area contributed by atoms with Crippen molar-refractivity contribution in [1.82, 2.24) is 20.1 Å². The van der Waals surface area contributed by atoms with Crippen LogP contribution in [0.25, 0.3) is 10.9 Å². The van der Waals surface area contributed by atoms with Crippen molar-refractivity contribution in [3.8, 4) is 0 Å². The lowest BCUT2D eigenvalue weighted by Crippen LogP contribution is -2.45. The molecule has 3 rings (SSSR count). The number of fused-ring (bicyclic) bond motifs is 1. The van der Waals surface area contributed by atoms with Crippen LogP contribution < -0.4 is 5.32 Å². The number of amides is 1. The molecule has 0 atom stereocenters. The van der Waals surface area contributed by atoms with Gasteiger partial charge in [0.05, 0.1) is 0 Å². The summed E-state index contributed by atoms with van der Waals surface area (Å²) in [5, 5.41) is 4.62. The van der Waals surface area contributed by atoms with Crippen molar-refractivity contribution in [2.75, 3.05) is 46.3 Å². The van der Waals surface area contributed by atoms with Gasteiger partial charge in [-0.2, -0.15) is 0 Å². The summed E-state index contributed by atoms with van der Waals surface area (Å²) in [6.07, 6.45) is 0.974. The molecule has 6 heteroatoms. The summed E-state index contributed by atoms with van der Waals surface area (Å²) in [6.45, 7) is 6.23. The second kappa shape index (κ2) is 7.34. The normalized spacial score (nSPS) is 16.8. The standard InChI is InChI=1S/C17H23ClN4O/c1-21-7-9-22(10-8-21)6-2-5-19-17(23)16-12-13-11-14(18)3-4-15(13)20-16/h3-4,11-12,20H,2,5-10H2,1H3,(H,19,23). The molecule has 23 heavy (non-hydrogen) atoms. The molecule has 1 saturated heterocycles. The Morgan fingerprint density at radius 3 is 2.83 bits per heavy atom. The number of halogens is 1. The van der Waals surface area contributed by atoms with Gasteiger partial charge < -0.3 is 20.1 Å². The number of aromatic amines is 1. The zero-order valence-corrected chi connectivity index (χ0v) is 14.2. The minimum absolute atomic E-state index is 0.0595. The van der Waals surface area contributed by atoms with Crippen LogP contribution in [0, 0.1) is 0 Å². The van der Waals surface area contributed by atoms with Crippen molar-refractivity contribution < 1.29 is 4.79 Å². The molecule has 1 aromatic heterocycles. The van der Waals surface area contributed by atoms with Gasteiger partial charge >= 0.3 is 0 Å². The van der Waals surface area contributed by atoms with Crippen LogP contribution in [-0.2, 0) is 0 Å². The molecule has 1 aromatic carbocycles. The lowest BCUT2D eigenvalue weighted by molar-refractivity contribution is 0.0945. The first-order chi connectivity index (χ1) is 11.1. The van der Waals surface area contributed by atoms with Crippen LogP contribution in [0.3, 0.4) is 0 Å². The number of nitrogens with zero attached hydrogens (tertiary/aromatic N) is 2. The number of carbonyl (C=O) groups excluding carboxylic acids is 1. The van der Waals surface area contributed by atoms with Gasteiger partial charge in [-0.05, 0) is 44.3 Å². The van der Waals surface area contributed by atoms with Crippen molar-refractivity contribution in [2.45, 2.75) is 6.42 Å². The number of hydrogen-bond acceptors (Lipinski definition) is 3. The number of aromatic nitrogens is 1. The maximum Gasteiger partial charge on any atom is 0.267 e. The Kier molecular flexibility index (Phi) is 5.20. The highest BCUT2D eigenvalue weighted by atomic mass is 35.5. The van der Waals surface area contributed by atoms with Gasteiger partial charge in [0.1, 0.15) is 5.69 Å². The topological polar surface area (TPSA) is 51.4 Å². The Labute approximate surface area is 141 Å². The van der Waals surface area contributed by atoms with Crippen molar-refractivity contribution in [3.63, 3.8) is 0 Å². The number of hydrogen-bond donors (Lipinski definition) is 2. The molecule has 5 nitrogen and oxygen atoms in total. The number of carbonyl (C=O) groups is 1. The van der Waals surface area contributed by atoms with E-state index < -0.39 is 0 Å². The monoisotopic (exact) mass is 334 g/mol. The predicted octanol–water partition coefficient (Wildman–Crippen LogP) is 2.19. The van der Waals surface area contributed by atoms with Gasteiger partial charge in [0.15, 0.2) is 0 Å². The summed E-state index contributed by atoms with van der Waals surface area (Å²) >= 11 is 5.97. The van der Waals surface area contributed by atoms with Gasteiger partial charge in [0, 0.05) is 48.6 Å². The molecule has 0 radical (unpaired) electrons. The molecule has 2 N–H and O–H groups in total. The molecule has 2 aromatic rings. The molecule has 0 unspecified atom stereocenters. The van der Waals surface area contributed by atoms with Crippen LogP contribution in [0.5, 0.6) is 0 Å². The van der Waals surface area contributed by atoms with Gasteiger partial charge in [-0.25, -0.2) is 0 Å². The van der Waals surface area contributed by atoms with E-state index in [0.29, 0.717) is 17.3 Å². The Bertz CT molecular complexity index is 676. The number of piperazine rings is 1. The number of benzene rings is 1. The smallest absolute Gasteiger partial charge is 0.267 e.